The highest BCUT2D eigenvalue weighted by atomic mass is 16.2. The fourth-order valence-electron chi connectivity index (χ4n) is 2.43. The first-order valence-corrected chi connectivity index (χ1v) is 6.66. The zero-order valence-electron chi connectivity index (χ0n) is 11.3. The molecule has 2 aromatic rings. The minimum atomic E-state index is -0.0419. The van der Waals surface area contributed by atoms with Crippen LogP contribution in [0.25, 0.3) is 0 Å². The lowest BCUT2D eigenvalue weighted by Gasteiger charge is -2.32. The highest BCUT2D eigenvalue weighted by Crippen LogP contribution is 2.22. The van der Waals surface area contributed by atoms with Crippen LogP contribution in [0.2, 0.25) is 0 Å². The summed E-state index contributed by atoms with van der Waals surface area (Å²) in [5, 5.41) is 7.64. The third-order valence-corrected chi connectivity index (χ3v) is 3.61. The number of rotatable bonds is 2. The molecule has 0 aromatic carbocycles. The van der Waals surface area contributed by atoms with Gasteiger partial charge in [-0.15, -0.1) is 10.2 Å². The summed E-state index contributed by atoms with van der Waals surface area (Å²) in [6.45, 7) is 3.29. The third kappa shape index (κ3) is 2.52. The summed E-state index contributed by atoms with van der Waals surface area (Å²) in [4.78, 5) is 22.4. The zero-order valence-corrected chi connectivity index (χ0v) is 11.3. The standard InChI is InChI=1S/C13H16N6O/c1-10-6-15-12(7-14-10)13(20)18-4-2-11(3-5-18)19-8-16-17-9-19/h6-9,11H,2-5H2,1H3. The lowest BCUT2D eigenvalue weighted by molar-refractivity contribution is 0.0688. The van der Waals surface area contributed by atoms with Gasteiger partial charge in [-0.05, 0) is 19.8 Å². The number of amides is 1. The Kier molecular flexibility index (Phi) is 3.41. The molecule has 1 aliphatic heterocycles. The van der Waals surface area contributed by atoms with Crippen LogP contribution in [0.1, 0.15) is 35.1 Å². The molecule has 0 aliphatic carbocycles. The van der Waals surface area contributed by atoms with E-state index in [2.05, 4.69) is 20.2 Å². The highest BCUT2D eigenvalue weighted by molar-refractivity contribution is 5.92. The van der Waals surface area contributed by atoms with Gasteiger partial charge in [-0.25, -0.2) is 4.98 Å². The maximum absolute atomic E-state index is 12.3. The molecule has 104 valence electrons. The number of piperidine rings is 1. The van der Waals surface area contributed by atoms with E-state index >= 15 is 0 Å². The van der Waals surface area contributed by atoms with E-state index in [-0.39, 0.29) is 5.91 Å². The van der Waals surface area contributed by atoms with Gasteiger partial charge in [0.25, 0.3) is 5.91 Å². The molecule has 0 N–H and O–H groups in total. The maximum atomic E-state index is 12.3. The quantitative estimate of drug-likeness (QED) is 0.810. The van der Waals surface area contributed by atoms with E-state index in [9.17, 15) is 4.79 Å². The summed E-state index contributed by atoms with van der Waals surface area (Å²) in [5.74, 6) is -0.0419. The van der Waals surface area contributed by atoms with Crippen LogP contribution >= 0.6 is 0 Å². The van der Waals surface area contributed by atoms with Crippen LogP contribution in [0, 0.1) is 6.92 Å². The van der Waals surface area contributed by atoms with Crippen molar-refractivity contribution in [3.8, 4) is 0 Å². The minimum Gasteiger partial charge on any atom is -0.337 e. The molecule has 1 aliphatic rings. The van der Waals surface area contributed by atoms with Gasteiger partial charge in [-0.1, -0.05) is 0 Å². The van der Waals surface area contributed by atoms with Crippen molar-refractivity contribution in [1.29, 1.82) is 0 Å². The molecule has 2 aromatic heterocycles. The minimum absolute atomic E-state index is 0.0419. The van der Waals surface area contributed by atoms with Crippen molar-refractivity contribution < 1.29 is 4.79 Å². The summed E-state index contributed by atoms with van der Waals surface area (Å²) in [6.07, 6.45) is 8.44. The smallest absolute Gasteiger partial charge is 0.274 e. The average molecular weight is 272 g/mol. The van der Waals surface area contributed by atoms with E-state index < -0.39 is 0 Å². The lowest BCUT2D eigenvalue weighted by atomic mass is 10.0. The Balaban J connectivity index is 1.63. The number of carbonyl (C=O) groups excluding carboxylic acids is 1. The number of likely N-dealkylation sites (tertiary alicyclic amines) is 1. The molecular formula is C13H16N6O. The van der Waals surface area contributed by atoms with Crippen LogP contribution in [0.4, 0.5) is 0 Å². The number of hydrogen-bond acceptors (Lipinski definition) is 5. The molecule has 7 heteroatoms. The van der Waals surface area contributed by atoms with Crippen LogP contribution < -0.4 is 0 Å². The first kappa shape index (κ1) is 12.7. The van der Waals surface area contributed by atoms with Crippen LogP contribution in [0.3, 0.4) is 0 Å². The summed E-state index contributed by atoms with van der Waals surface area (Å²) in [7, 11) is 0. The van der Waals surface area contributed by atoms with Crippen molar-refractivity contribution in [3.63, 3.8) is 0 Å². The van der Waals surface area contributed by atoms with Gasteiger partial charge in [-0.3, -0.25) is 9.78 Å². The fourth-order valence-corrected chi connectivity index (χ4v) is 2.43. The third-order valence-electron chi connectivity index (χ3n) is 3.61. The van der Waals surface area contributed by atoms with E-state index in [1.54, 1.807) is 25.0 Å². The topological polar surface area (TPSA) is 76.8 Å². The SMILES string of the molecule is Cc1cnc(C(=O)N2CCC(n3cnnc3)CC2)cn1. The second-order valence-electron chi connectivity index (χ2n) is 4.98. The van der Waals surface area contributed by atoms with Gasteiger partial charge >= 0.3 is 0 Å². The van der Waals surface area contributed by atoms with Gasteiger partial charge in [0, 0.05) is 25.3 Å². The van der Waals surface area contributed by atoms with Gasteiger partial charge in [0.05, 0.1) is 11.9 Å². The van der Waals surface area contributed by atoms with Crippen molar-refractivity contribution in [1.82, 2.24) is 29.6 Å². The second kappa shape index (κ2) is 5.36. The Morgan fingerprint density at radius 2 is 1.85 bits per heavy atom. The van der Waals surface area contributed by atoms with Crippen LogP contribution in [-0.2, 0) is 0 Å². The van der Waals surface area contributed by atoms with Crippen molar-refractivity contribution in [2.24, 2.45) is 0 Å². The molecule has 3 heterocycles. The van der Waals surface area contributed by atoms with E-state index in [4.69, 9.17) is 0 Å². The monoisotopic (exact) mass is 272 g/mol. The molecule has 0 spiro atoms. The van der Waals surface area contributed by atoms with Gasteiger partial charge in [0.2, 0.25) is 0 Å². The fraction of sp³-hybridized carbons (Fsp3) is 0.462. The summed E-state index contributed by atoms with van der Waals surface area (Å²) < 4.78 is 2.01. The molecule has 7 nitrogen and oxygen atoms in total. The van der Waals surface area contributed by atoms with E-state index in [1.807, 2.05) is 16.4 Å². The number of carbonyl (C=O) groups is 1. The van der Waals surface area contributed by atoms with Crippen LogP contribution in [-0.4, -0.2) is 48.6 Å². The van der Waals surface area contributed by atoms with Crippen LogP contribution in [0.5, 0.6) is 0 Å². The van der Waals surface area contributed by atoms with Gasteiger partial charge < -0.3 is 9.47 Å². The summed E-state index contributed by atoms with van der Waals surface area (Å²) in [6, 6.07) is 0.373. The molecule has 1 saturated heterocycles. The Hall–Kier alpha value is -2.31. The first-order chi connectivity index (χ1) is 9.74. The number of aromatic nitrogens is 5. The number of aryl methyl sites for hydroxylation is 1. The predicted molar refractivity (Wildman–Crippen MR) is 71.0 cm³/mol. The predicted octanol–water partition coefficient (Wildman–Crippen LogP) is 0.854. The van der Waals surface area contributed by atoms with E-state index in [1.165, 1.54) is 0 Å². The molecule has 3 rings (SSSR count). The van der Waals surface area contributed by atoms with Gasteiger partial charge in [0.15, 0.2) is 0 Å². The second-order valence-corrected chi connectivity index (χ2v) is 4.98. The molecule has 0 radical (unpaired) electrons. The van der Waals surface area contributed by atoms with Crippen LogP contribution in [0.15, 0.2) is 25.0 Å². The Bertz CT molecular complexity index is 571. The molecule has 1 amide bonds. The molecule has 20 heavy (non-hydrogen) atoms. The van der Waals surface area contributed by atoms with Crippen molar-refractivity contribution >= 4 is 5.91 Å². The highest BCUT2D eigenvalue weighted by Gasteiger charge is 2.25. The first-order valence-electron chi connectivity index (χ1n) is 6.66. The maximum Gasteiger partial charge on any atom is 0.274 e. The summed E-state index contributed by atoms with van der Waals surface area (Å²) in [5.41, 5.74) is 1.23. The zero-order chi connectivity index (χ0) is 13.9. The molecule has 0 unspecified atom stereocenters. The molecule has 0 saturated carbocycles. The average Bonchev–Trinajstić information content (AvgIpc) is 3.02. The largest absolute Gasteiger partial charge is 0.337 e. The normalized spacial score (nSPS) is 16.4. The Labute approximate surface area is 116 Å². The molecule has 0 atom stereocenters. The van der Waals surface area contributed by atoms with Gasteiger partial charge in [0.1, 0.15) is 18.3 Å². The van der Waals surface area contributed by atoms with E-state index in [0.29, 0.717) is 11.7 Å². The lowest BCUT2D eigenvalue weighted by Crippen LogP contribution is -2.39. The van der Waals surface area contributed by atoms with Crippen molar-refractivity contribution in [2.75, 3.05) is 13.1 Å². The van der Waals surface area contributed by atoms with Crippen molar-refractivity contribution in [2.45, 2.75) is 25.8 Å². The number of hydrogen-bond donors (Lipinski definition) is 0. The van der Waals surface area contributed by atoms with E-state index in [0.717, 1.165) is 31.6 Å². The molecule has 1 fully saturated rings. The van der Waals surface area contributed by atoms with Crippen molar-refractivity contribution in [3.05, 3.63) is 36.4 Å². The Morgan fingerprint density at radius 1 is 1.15 bits per heavy atom. The molecule has 0 bridgehead atoms. The molecular weight excluding hydrogens is 256 g/mol. The number of nitrogens with zero attached hydrogens (tertiary/aromatic N) is 6. The Morgan fingerprint density at radius 3 is 2.45 bits per heavy atom. The summed E-state index contributed by atoms with van der Waals surface area (Å²) >= 11 is 0. The van der Waals surface area contributed by atoms with Gasteiger partial charge in [-0.2, -0.15) is 0 Å².